The number of benzene rings is 1. The van der Waals surface area contributed by atoms with Crippen LogP contribution in [0.2, 0.25) is 0 Å². The van der Waals surface area contributed by atoms with Gasteiger partial charge in [0.1, 0.15) is 0 Å². The number of nitrogens with one attached hydrogen (secondary N) is 1. The SMILES string of the molecule is CCCC(O)(CC)C1NCc2ccccc21. The fourth-order valence-corrected chi connectivity index (χ4v) is 2.74. The van der Waals surface area contributed by atoms with Gasteiger partial charge in [0.05, 0.1) is 11.6 Å². The fourth-order valence-electron chi connectivity index (χ4n) is 2.74. The molecule has 1 aliphatic rings. The summed E-state index contributed by atoms with van der Waals surface area (Å²) >= 11 is 0. The van der Waals surface area contributed by atoms with Gasteiger partial charge in [-0.25, -0.2) is 0 Å². The van der Waals surface area contributed by atoms with Gasteiger partial charge in [-0.3, -0.25) is 0 Å². The Hall–Kier alpha value is -0.860. The largest absolute Gasteiger partial charge is 0.388 e. The van der Waals surface area contributed by atoms with Crippen molar-refractivity contribution in [2.45, 2.75) is 51.3 Å². The molecule has 0 aliphatic carbocycles. The Morgan fingerprint density at radius 3 is 2.81 bits per heavy atom. The number of rotatable bonds is 4. The third-order valence-corrected chi connectivity index (χ3v) is 3.70. The van der Waals surface area contributed by atoms with Crippen molar-refractivity contribution in [2.24, 2.45) is 0 Å². The molecule has 1 aromatic carbocycles. The van der Waals surface area contributed by atoms with Crippen LogP contribution in [0.3, 0.4) is 0 Å². The molecule has 0 radical (unpaired) electrons. The summed E-state index contributed by atoms with van der Waals surface area (Å²) in [7, 11) is 0. The van der Waals surface area contributed by atoms with Gasteiger partial charge in [0.2, 0.25) is 0 Å². The summed E-state index contributed by atoms with van der Waals surface area (Å²) in [4.78, 5) is 0. The van der Waals surface area contributed by atoms with Crippen LogP contribution in [0.1, 0.15) is 50.3 Å². The highest BCUT2D eigenvalue weighted by Crippen LogP contribution is 2.37. The molecule has 1 aromatic rings. The molecule has 2 nitrogen and oxygen atoms in total. The Bertz CT molecular complexity index is 364. The molecule has 2 rings (SSSR count). The van der Waals surface area contributed by atoms with Crippen molar-refractivity contribution in [2.75, 3.05) is 0 Å². The first-order valence-electron chi connectivity index (χ1n) is 6.25. The molecule has 1 heterocycles. The van der Waals surface area contributed by atoms with E-state index in [1.54, 1.807) is 0 Å². The van der Waals surface area contributed by atoms with Crippen molar-refractivity contribution in [3.05, 3.63) is 35.4 Å². The normalized spacial score (nSPS) is 22.8. The molecule has 88 valence electrons. The van der Waals surface area contributed by atoms with Crippen LogP contribution in [0.15, 0.2) is 24.3 Å². The van der Waals surface area contributed by atoms with Crippen molar-refractivity contribution < 1.29 is 5.11 Å². The Labute approximate surface area is 97.7 Å². The lowest BCUT2D eigenvalue weighted by atomic mass is 9.83. The zero-order valence-electron chi connectivity index (χ0n) is 10.2. The summed E-state index contributed by atoms with van der Waals surface area (Å²) in [5.74, 6) is 0. The van der Waals surface area contributed by atoms with Gasteiger partial charge in [0.25, 0.3) is 0 Å². The van der Waals surface area contributed by atoms with E-state index >= 15 is 0 Å². The molecular formula is C14H21NO. The van der Waals surface area contributed by atoms with Crippen LogP contribution in [0.25, 0.3) is 0 Å². The summed E-state index contributed by atoms with van der Waals surface area (Å²) in [5.41, 5.74) is 2.01. The molecule has 2 heteroatoms. The molecule has 0 aromatic heterocycles. The zero-order valence-corrected chi connectivity index (χ0v) is 10.2. The minimum absolute atomic E-state index is 0.105. The standard InChI is InChI=1S/C14H21NO/c1-3-9-14(16,4-2)13-12-8-6-5-7-11(12)10-15-13/h5-8,13,15-16H,3-4,9-10H2,1-2H3. The summed E-state index contributed by atoms with van der Waals surface area (Å²) in [6, 6.07) is 8.50. The highest BCUT2D eigenvalue weighted by molar-refractivity contribution is 5.35. The lowest BCUT2D eigenvalue weighted by molar-refractivity contribution is -0.00872. The third-order valence-electron chi connectivity index (χ3n) is 3.70. The average molecular weight is 219 g/mol. The van der Waals surface area contributed by atoms with Crippen LogP contribution in [0.5, 0.6) is 0 Å². The lowest BCUT2D eigenvalue weighted by Crippen LogP contribution is -2.40. The molecule has 0 saturated carbocycles. The molecule has 16 heavy (non-hydrogen) atoms. The van der Waals surface area contributed by atoms with E-state index in [1.165, 1.54) is 11.1 Å². The minimum Gasteiger partial charge on any atom is -0.388 e. The Balaban J connectivity index is 2.29. The molecule has 2 atom stereocenters. The molecular weight excluding hydrogens is 198 g/mol. The van der Waals surface area contributed by atoms with Crippen LogP contribution in [0.4, 0.5) is 0 Å². The monoisotopic (exact) mass is 219 g/mol. The van der Waals surface area contributed by atoms with E-state index in [0.717, 1.165) is 25.8 Å². The summed E-state index contributed by atoms with van der Waals surface area (Å²) < 4.78 is 0. The van der Waals surface area contributed by atoms with Crippen molar-refractivity contribution in [1.29, 1.82) is 0 Å². The first-order valence-corrected chi connectivity index (χ1v) is 6.25. The van der Waals surface area contributed by atoms with Crippen LogP contribution in [-0.2, 0) is 6.54 Å². The number of fused-ring (bicyclic) bond motifs is 1. The highest BCUT2D eigenvalue weighted by atomic mass is 16.3. The van der Waals surface area contributed by atoms with Gasteiger partial charge in [0, 0.05) is 6.54 Å². The maximum absolute atomic E-state index is 10.7. The topological polar surface area (TPSA) is 32.3 Å². The maximum Gasteiger partial charge on any atom is 0.0839 e. The van der Waals surface area contributed by atoms with Crippen LogP contribution >= 0.6 is 0 Å². The van der Waals surface area contributed by atoms with E-state index in [2.05, 4.69) is 43.4 Å². The van der Waals surface area contributed by atoms with Crippen LogP contribution in [0, 0.1) is 0 Å². The van der Waals surface area contributed by atoms with Gasteiger partial charge in [-0.1, -0.05) is 44.5 Å². The molecule has 1 aliphatic heterocycles. The minimum atomic E-state index is -0.596. The van der Waals surface area contributed by atoms with Gasteiger partial charge in [-0.05, 0) is 24.0 Å². The average Bonchev–Trinajstić information content (AvgIpc) is 2.73. The second-order valence-corrected chi connectivity index (χ2v) is 4.72. The summed E-state index contributed by atoms with van der Waals surface area (Å²) in [6.07, 6.45) is 2.67. The second kappa shape index (κ2) is 4.56. The Morgan fingerprint density at radius 2 is 2.12 bits per heavy atom. The third kappa shape index (κ3) is 1.87. The quantitative estimate of drug-likeness (QED) is 0.816. The molecule has 0 saturated heterocycles. The number of aliphatic hydroxyl groups is 1. The molecule has 0 fully saturated rings. The molecule has 2 N–H and O–H groups in total. The van der Waals surface area contributed by atoms with E-state index < -0.39 is 5.60 Å². The van der Waals surface area contributed by atoms with Crippen molar-refractivity contribution in [3.63, 3.8) is 0 Å². The Morgan fingerprint density at radius 1 is 1.38 bits per heavy atom. The highest BCUT2D eigenvalue weighted by Gasteiger charge is 2.38. The first-order chi connectivity index (χ1) is 7.71. The van der Waals surface area contributed by atoms with E-state index in [1.807, 2.05) is 0 Å². The van der Waals surface area contributed by atoms with Gasteiger partial charge < -0.3 is 10.4 Å². The predicted molar refractivity (Wildman–Crippen MR) is 66.2 cm³/mol. The van der Waals surface area contributed by atoms with Crippen LogP contribution in [-0.4, -0.2) is 10.7 Å². The predicted octanol–water partition coefficient (Wildman–Crippen LogP) is 2.77. The fraction of sp³-hybridized carbons (Fsp3) is 0.571. The van der Waals surface area contributed by atoms with Gasteiger partial charge >= 0.3 is 0 Å². The summed E-state index contributed by atoms with van der Waals surface area (Å²) in [5, 5.41) is 14.2. The van der Waals surface area contributed by atoms with E-state index in [-0.39, 0.29) is 6.04 Å². The van der Waals surface area contributed by atoms with Gasteiger partial charge in [-0.15, -0.1) is 0 Å². The van der Waals surface area contributed by atoms with E-state index in [4.69, 9.17) is 0 Å². The smallest absolute Gasteiger partial charge is 0.0839 e. The zero-order chi connectivity index (χ0) is 11.6. The number of hydrogen-bond acceptors (Lipinski definition) is 2. The number of hydrogen-bond donors (Lipinski definition) is 2. The van der Waals surface area contributed by atoms with Crippen molar-refractivity contribution in [3.8, 4) is 0 Å². The van der Waals surface area contributed by atoms with Crippen LogP contribution < -0.4 is 5.32 Å². The lowest BCUT2D eigenvalue weighted by Gasteiger charge is -2.33. The van der Waals surface area contributed by atoms with Gasteiger partial charge in [0.15, 0.2) is 0 Å². The van der Waals surface area contributed by atoms with Crippen molar-refractivity contribution >= 4 is 0 Å². The first kappa shape index (κ1) is 11.6. The molecule has 2 unspecified atom stereocenters. The van der Waals surface area contributed by atoms with E-state index in [9.17, 15) is 5.11 Å². The van der Waals surface area contributed by atoms with Gasteiger partial charge in [-0.2, -0.15) is 0 Å². The maximum atomic E-state index is 10.7. The molecule has 0 bridgehead atoms. The molecule has 0 spiro atoms. The molecule has 0 amide bonds. The Kier molecular flexibility index (Phi) is 3.31. The summed E-state index contributed by atoms with van der Waals surface area (Å²) in [6.45, 7) is 5.08. The van der Waals surface area contributed by atoms with Crippen molar-refractivity contribution in [1.82, 2.24) is 5.32 Å². The van der Waals surface area contributed by atoms with E-state index in [0.29, 0.717) is 0 Å². The second-order valence-electron chi connectivity index (χ2n) is 4.72.